The topological polar surface area (TPSA) is 87.1 Å². The summed E-state index contributed by atoms with van der Waals surface area (Å²) in [5, 5.41) is 17.5. The molecule has 0 unspecified atom stereocenters. The summed E-state index contributed by atoms with van der Waals surface area (Å²) in [4.78, 5) is 20.4. The van der Waals surface area contributed by atoms with E-state index < -0.39 is 0 Å². The summed E-state index contributed by atoms with van der Waals surface area (Å²) in [6.07, 6.45) is 1.67. The fourth-order valence-corrected chi connectivity index (χ4v) is 2.44. The summed E-state index contributed by atoms with van der Waals surface area (Å²) in [6, 6.07) is 12.0. The lowest BCUT2D eigenvalue weighted by atomic mass is 10.3. The van der Waals surface area contributed by atoms with Crippen molar-refractivity contribution in [3.63, 3.8) is 0 Å². The number of phenols is 1. The Morgan fingerprint density at radius 3 is 2.73 bits per heavy atom. The van der Waals surface area contributed by atoms with Crippen molar-refractivity contribution < 1.29 is 9.90 Å². The number of para-hydroxylation sites is 2. The molecule has 3 aromatic rings. The van der Waals surface area contributed by atoms with Gasteiger partial charge in [-0.3, -0.25) is 4.79 Å². The second-order valence-electron chi connectivity index (χ2n) is 4.35. The van der Waals surface area contributed by atoms with Gasteiger partial charge in [-0.25, -0.2) is 9.97 Å². The Morgan fingerprint density at radius 1 is 1.14 bits per heavy atom. The molecule has 0 fully saturated rings. The van der Waals surface area contributed by atoms with Gasteiger partial charge in [-0.15, -0.1) is 11.3 Å². The zero-order valence-electron chi connectivity index (χ0n) is 11.4. The van der Waals surface area contributed by atoms with Gasteiger partial charge in [0, 0.05) is 11.6 Å². The number of hydrogen-bond donors (Lipinski definition) is 3. The Morgan fingerprint density at radius 2 is 1.95 bits per heavy atom. The van der Waals surface area contributed by atoms with Crippen LogP contribution in [-0.4, -0.2) is 21.0 Å². The normalized spacial score (nSPS) is 10.2. The van der Waals surface area contributed by atoms with E-state index in [-0.39, 0.29) is 17.4 Å². The third-order valence-electron chi connectivity index (χ3n) is 2.79. The Hall–Kier alpha value is -2.93. The van der Waals surface area contributed by atoms with Crippen molar-refractivity contribution in [3.05, 3.63) is 59.7 Å². The van der Waals surface area contributed by atoms with E-state index in [1.54, 1.807) is 29.8 Å². The minimum Gasteiger partial charge on any atom is -0.506 e. The fourth-order valence-electron chi connectivity index (χ4n) is 1.75. The summed E-state index contributed by atoms with van der Waals surface area (Å²) < 4.78 is 0. The molecule has 0 aliphatic heterocycles. The van der Waals surface area contributed by atoms with Gasteiger partial charge in [-0.05, 0) is 24.3 Å². The molecule has 22 heavy (non-hydrogen) atoms. The number of amides is 1. The average Bonchev–Trinajstić information content (AvgIpc) is 2.99. The zero-order chi connectivity index (χ0) is 15.4. The van der Waals surface area contributed by atoms with Crippen molar-refractivity contribution in [1.29, 1.82) is 0 Å². The molecule has 2 heterocycles. The summed E-state index contributed by atoms with van der Waals surface area (Å²) in [7, 11) is 0. The summed E-state index contributed by atoms with van der Waals surface area (Å²) in [6.45, 7) is 0. The predicted molar refractivity (Wildman–Crippen MR) is 85.7 cm³/mol. The van der Waals surface area contributed by atoms with Crippen LogP contribution in [0.4, 0.5) is 16.6 Å². The van der Waals surface area contributed by atoms with E-state index in [1.165, 1.54) is 17.4 Å². The number of hydrogen-bond acceptors (Lipinski definition) is 6. The van der Waals surface area contributed by atoms with Crippen molar-refractivity contribution in [2.75, 3.05) is 10.6 Å². The van der Waals surface area contributed by atoms with E-state index in [1.807, 2.05) is 18.2 Å². The number of phenolic OH excluding ortho intramolecular Hbond substituents is 1. The lowest BCUT2D eigenvalue weighted by molar-refractivity contribution is 0.102. The van der Waals surface area contributed by atoms with Crippen LogP contribution in [0.3, 0.4) is 0 Å². The molecule has 2 aromatic heterocycles. The van der Waals surface area contributed by atoms with Crippen LogP contribution in [0.15, 0.2) is 54.0 Å². The smallest absolute Gasteiger partial charge is 0.275 e. The van der Waals surface area contributed by atoms with Crippen molar-refractivity contribution >= 4 is 33.9 Å². The second kappa shape index (κ2) is 6.23. The van der Waals surface area contributed by atoms with E-state index in [0.717, 1.165) is 0 Å². The quantitative estimate of drug-likeness (QED) is 0.644. The standard InChI is InChI=1S/C15H12N4O2S/c20-12-6-2-1-5-10(12)17-14(21)11-9-22-15(18-11)19-13-7-3-4-8-16-13/h1-9,20H,(H,17,21)(H,16,18,19). The predicted octanol–water partition coefficient (Wildman–Crippen LogP) is 3.24. The second-order valence-corrected chi connectivity index (χ2v) is 5.21. The van der Waals surface area contributed by atoms with Gasteiger partial charge >= 0.3 is 0 Å². The van der Waals surface area contributed by atoms with Crippen LogP contribution in [0, 0.1) is 0 Å². The van der Waals surface area contributed by atoms with Gasteiger partial charge < -0.3 is 15.7 Å². The Bertz CT molecular complexity index is 789. The third kappa shape index (κ3) is 3.21. The summed E-state index contributed by atoms with van der Waals surface area (Å²) >= 11 is 1.30. The molecular formula is C15H12N4O2S. The summed E-state index contributed by atoms with van der Waals surface area (Å²) in [5.41, 5.74) is 0.617. The number of benzene rings is 1. The number of anilines is 3. The molecule has 1 aromatic carbocycles. The van der Waals surface area contributed by atoms with Gasteiger partial charge in [0.2, 0.25) is 0 Å². The molecule has 0 bridgehead atoms. The highest BCUT2D eigenvalue weighted by atomic mass is 32.1. The maximum atomic E-state index is 12.1. The number of carbonyl (C=O) groups is 1. The molecule has 0 aliphatic carbocycles. The first kappa shape index (κ1) is 14.0. The lowest BCUT2D eigenvalue weighted by Crippen LogP contribution is -2.12. The van der Waals surface area contributed by atoms with Crippen LogP contribution >= 0.6 is 11.3 Å². The van der Waals surface area contributed by atoms with Crippen LogP contribution in [0.1, 0.15) is 10.5 Å². The number of nitrogens with one attached hydrogen (secondary N) is 2. The Labute approximate surface area is 130 Å². The molecule has 3 rings (SSSR count). The van der Waals surface area contributed by atoms with Gasteiger partial charge in [0.05, 0.1) is 5.69 Å². The van der Waals surface area contributed by atoms with Crippen molar-refractivity contribution in [3.8, 4) is 5.75 Å². The largest absolute Gasteiger partial charge is 0.506 e. The Balaban J connectivity index is 1.71. The van der Waals surface area contributed by atoms with Gasteiger partial charge in [-0.1, -0.05) is 18.2 Å². The van der Waals surface area contributed by atoms with E-state index in [0.29, 0.717) is 16.6 Å². The van der Waals surface area contributed by atoms with Crippen LogP contribution in [-0.2, 0) is 0 Å². The average molecular weight is 312 g/mol. The first-order valence-corrected chi connectivity index (χ1v) is 7.33. The van der Waals surface area contributed by atoms with E-state index >= 15 is 0 Å². The maximum absolute atomic E-state index is 12.1. The molecule has 0 radical (unpaired) electrons. The molecule has 0 spiro atoms. The number of aromatic hydroxyl groups is 1. The van der Waals surface area contributed by atoms with E-state index in [9.17, 15) is 9.90 Å². The van der Waals surface area contributed by atoms with Crippen molar-refractivity contribution in [2.45, 2.75) is 0 Å². The Kier molecular flexibility index (Phi) is 3.97. The lowest BCUT2D eigenvalue weighted by Gasteiger charge is -2.04. The highest BCUT2D eigenvalue weighted by Gasteiger charge is 2.12. The van der Waals surface area contributed by atoms with Gasteiger partial charge in [-0.2, -0.15) is 0 Å². The maximum Gasteiger partial charge on any atom is 0.275 e. The number of carbonyl (C=O) groups excluding carboxylic acids is 1. The molecule has 0 saturated carbocycles. The number of aromatic nitrogens is 2. The SMILES string of the molecule is O=C(Nc1ccccc1O)c1csc(Nc2ccccn2)n1. The van der Waals surface area contributed by atoms with Gasteiger partial charge in [0.25, 0.3) is 5.91 Å². The molecule has 0 aliphatic rings. The van der Waals surface area contributed by atoms with Crippen LogP contribution < -0.4 is 10.6 Å². The van der Waals surface area contributed by atoms with Crippen molar-refractivity contribution in [2.24, 2.45) is 0 Å². The number of nitrogens with zero attached hydrogens (tertiary/aromatic N) is 2. The van der Waals surface area contributed by atoms with Gasteiger partial charge in [0.15, 0.2) is 5.13 Å². The van der Waals surface area contributed by atoms with Gasteiger partial charge in [0.1, 0.15) is 17.3 Å². The fraction of sp³-hybridized carbons (Fsp3) is 0. The molecule has 110 valence electrons. The minimum atomic E-state index is -0.383. The molecule has 3 N–H and O–H groups in total. The molecule has 1 amide bonds. The minimum absolute atomic E-state index is 0.0120. The molecule has 0 saturated heterocycles. The first-order chi connectivity index (χ1) is 10.7. The monoisotopic (exact) mass is 312 g/mol. The third-order valence-corrected chi connectivity index (χ3v) is 3.55. The highest BCUT2D eigenvalue weighted by molar-refractivity contribution is 7.14. The molecular weight excluding hydrogens is 300 g/mol. The highest BCUT2D eigenvalue weighted by Crippen LogP contribution is 2.24. The molecule has 7 heteroatoms. The summed E-state index contributed by atoms with van der Waals surface area (Å²) in [5.74, 6) is 0.286. The van der Waals surface area contributed by atoms with Crippen LogP contribution in [0.5, 0.6) is 5.75 Å². The number of rotatable bonds is 4. The van der Waals surface area contributed by atoms with Crippen LogP contribution in [0.2, 0.25) is 0 Å². The first-order valence-electron chi connectivity index (χ1n) is 6.45. The molecule has 0 atom stereocenters. The van der Waals surface area contributed by atoms with E-state index in [2.05, 4.69) is 20.6 Å². The number of thiazole rings is 1. The van der Waals surface area contributed by atoms with Crippen LogP contribution in [0.25, 0.3) is 0 Å². The van der Waals surface area contributed by atoms with Crippen molar-refractivity contribution in [1.82, 2.24) is 9.97 Å². The van der Waals surface area contributed by atoms with E-state index in [4.69, 9.17) is 0 Å². The number of pyridine rings is 1. The molecule has 6 nitrogen and oxygen atoms in total. The zero-order valence-corrected chi connectivity index (χ0v) is 12.2.